The first-order valence-electron chi connectivity index (χ1n) is 3.84. The summed E-state index contributed by atoms with van der Waals surface area (Å²) < 4.78 is 0. The van der Waals surface area contributed by atoms with Crippen molar-refractivity contribution in [3.05, 3.63) is 0 Å². The Balaban J connectivity index is 0.000000500. The van der Waals surface area contributed by atoms with Gasteiger partial charge in [-0.05, 0) is 31.8 Å². The van der Waals surface area contributed by atoms with Crippen LogP contribution in [0.25, 0.3) is 0 Å². The Morgan fingerprint density at radius 3 is 1.82 bits per heavy atom. The SMILES string of the molecule is Cl.Cl.NC1CN2CCC1CC2. The number of nitrogens with zero attached hydrogens (tertiary/aromatic N) is 1. The second kappa shape index (κ2) is 4.51. The fraction of sp³-hybridized carbons (Fsp3) is 1.00. The first-order chi connectivity index (χ1) is 4.36. The molecule has 68 valence electrons. The molecule has 3 aliphatic rings. The van der Waals surface area contributed by atoms with Crippen LogP contribution in [0, 0.1) is 5.92 Å². The predicted molar refractivity (Wildman–Crippen MR) is 51.6 cm³/mol. The first kappa shape index (κ1) is 11.5. The van der Waals surface area contributed by atoms with Crippen molar-refractivity contribution < 1.29 is 0 Å². The molecule has 2 nitrogen and oxygen atoms in total. The van der Waals surface area contributed by atoms with Crippen LogP contribution in [-0.4, -0.2) is 30.6 Å². The van der Waals surface area contributed by atoms with Crippen molar-refractivity contribution in [3.63, 3.8) is 0 Å². The van der Waals surface area contributed by atoms with Crippen molar-refractivity contribution >= 4 is 24.8 Å². The third-order valence-electron chi connectivity index (χ3n) is 2.71. The molecule has 3 heterocycles. The topological polar surface area (TPSA) is 29.3 Å². The highest BCUT2D eigenvalue weighted by Gasteiger charge is 2.31. The molecule has 0 saturated carbocycles. The standard InChI is InChI=1S/C7H14N2.2ClH/c8-7-5-9-3-1-6(7)2-4-9;;/h6-7H,1-5,8H2;2*1H. The lowest BCUT2D eigenvalue weighted by Gasteiger charge is -2.43. The molecule has 0 aromatic carbocycles. The van der Waals surface area contributed by atoms with Gasteiger partial charge < -0.3 is 10.6 Å². The van der Waals surface area contributed by atoms with Gasteiger partial charge in [-0.1, -0.05) is 0 Å². The van der Waals surface area contributed by atoms with Gasteiger partial charge >= 0.3 is 0 Å². The molecule has 0 aliphatic carbocycles. The van der Waals surface area contributed by atoms with Gasteiger partial charge in [0, 0.05) is 12.6 Å². The Morgan fingerprint density at radius 1 is 1.09 bits per heavy atom. The summed E-state index contributed by atoms with van der Waals surface area (Å²) >= 11 is 0. The van der Waals surface area contributed by atoms with E-state index in [-0.39, 0.29) is 24.8 Å². The maximum Gasteiger partial charge on any atom is 0.0197 e. The quantitative estimate of drug-likeness (QED) is 0.627. The van der Waals surface area contributed by atoms with Gasteiger partial charge in [0.15, 0.2) is 0 Å². The zero-order chi connectivity index (χ0) is 6.27. The van der Waals surface area contributed by atoms with Crippen LogP contribution in [0.1, 0.15) is 12.8 Å². The van der Waals surface area contributed by atoms with E-state index < -0.39 is 0 Å². The molecule has 3 aliphatic heterocycles. The summed E-state index contributed by atoms with van der Waals surface area (Å²) in [7, 11) is 0. The third-order valence-corrected chi connectivity index (χ3v) is 2.71. The van der Waals surface area contributed by atoms with E-state index >= 15 is 0 Å². The third kappa shape index (κ3) is 2.22. The normalized spacial score (nSPS) is 40.6. The lowest BCUT2D eigenvalue weighted by atomic mass is 9.85. The number of hydrogen-bond donors (Lipinski definition) is 1. The summed E-state index contributed by atoms with van der Waals surface area (Å²) in [6.45, 7) is 3.77. The second-order valence-corrected chi connectivity index (χ2v) is 3.30. The zero-order valence-electron chi connectivity index (χ0n) is 6.53. The summed E-state index contributed by atoms with van der Waals surface area (Å²) in [4.78, 5) is 2.48. The molecule has 0 spiro atoms. The minimum Gasteiger partial charge on any atom is -0.326 e. The van der Waals surface area contributed by atoms with Gasteiger partial charge in [-0.25, -0.2) is 0 Å². The van der Waals surface area contributed by atoms with Crippen molar-refractivity contribution in [2.45, 2.75) is 18.9 Å². The van der Waals surface area contributed by atoms with E-state index in [0.717, 1.165) is 12.5 Å². The molecular formula is C7H16Cl2N2. The summed E-state index contributed by atoms with van der Waals surface area (Å²) in [5, 5.41) is 0. The van der Waals surface area contributed by atoms with Crippen LogP contribution in [0.3, 0.4) is 0 Å². The number of fused-ring (bicyclic) bond motifs is 3. The molecule has 3 fully saturated rings. The van der Waals surface area contributed by atoms with E-state index in [1.165, 1.54) is 25.9 Å². The molecule has 1 unspecified atom stereocenters. The number of piperidine rings is 3. The Morgan fingerprint density at radius 2 is 1.64 bits per heavy atom. The van der Waals surface area contributed by atoms with Crippen molar-refractivity contribution in [1.29, 1.82) is 0 Å². The van der Waals surface area contributed by atoms with Crippen molar-refractivity contribution in [2.24, 2.45) is 11.7 Å². The van der Waals surface area contributed by atoms with Crippen LogP contribution in [0.4, 0.5) is 0 Å². The molecule has 11 heavy (non-hydrogen) atoms. The van der Waals surface area contributed by atoms with Crippen LogP contribution in [-0.2, 0) is 0 Å². The van der Waals surface area contributed by atoms with E-state index in [2.05, 4.69) is 4.90 Å². The predicted octanol–water partition coefficient (Wildman–Crippen LogP) is 0.883. The average molecular weight is 199 g/mol. The van der Waals surface area contributed by atoms with Gasteiger partial charge in [-0.2, -0.15) is 0 Å². The largest absolute Gasteiger partial charge is 0.326 e. The number of nitrogens with two attached hydrogens (primary N) is 1. The van der Waals surface area contributed by atoms with Gasteiger partial charge in [-0.3, -0.25) is 0 Å². The molecule has 2 bridgehead atoms. The van der Waals surface area contributed by atoms with Crippen molar-refractivity contribution in [2.75, 3.05) is 19.6 Å². The molecule has 0 radical (unpaired) electrons. The van der Waals surface area contributed by atoms with Crippen LogP contribution in [0.5, 0.6) is 0 Å². The van der Waals surface area contributed by atoms with E-state index in [1.54, 1.807) is 0 Å². The summed E-state index contributed by atoms with van der Waals surface area (Å²) in [6, 6.07) is 0.493. The monoisotopic (exact) mass is 198 g/mol. The van der Waals surface area contributed by atoms with Crippen LogP contribution >= 0.6 is 24.8 Å². The Hall–Kier alpha value is 0.500. The Bertz CT molecular complexity index is 113. The number of rotatable bonds is 0. The molecular weight excluding hydrogens is 183 g/mol. The Kier molecular flexibility index (Phi) is 4.71. The van der Waals surface area contributed by atoms with Gasteiger partial charge in [0.25, 0.3) is 0 Å². The average Bonchev–Trinajstić information content (AvgIpc) is 1.90. The highest BCUT2D eigenvalue weighted by Crippen LogP contribution is 2.25. The van der Waals surface area contributed by atoms with Crippen LogP contribution in [0.15, 0.2) is 0 Å². The maximum atomic E-state index is 5.88. The lowest BCUT2D eigenvalue weighted by molar-refractivity contribution is 0.0896. The minimum absolute atomic E-state index is 0. The summed E-state index contributed by atoms with van der Waals surface area (Å²) in [5.74, 6) is 0.856. The molecule has 3 rings (SSSR count). The zero-order valence-corrected chi connectivity index (χ0v) is 8.16. The summed E-state index contributed by atoms with van der Waals surface area (Å²) in [5.41, 5.74) is 5.88. The first-order valence-corrected chi connectivity index (χ1v) is 3.84. The van der Waals surface area contributed by atoms with Crippen molar-refractivity contribution in [3.8, 4) is 0 Å². The lowest BCUT2D eigenvalue weighted by Crippen LogP contribution is -2.54. The minimum atomic E-state index is 0. The molecule has 2 N–H and O–H groups in total. The fourth-order valence-electron chi connectivity index (χ4n) is 2.01. The number of hydrogen-bond acceptors (Lipinski definition) is 2. The fourth-order valence-corrected chi connectivity index (χ4v) is 2.01. The van der Waals surface area contributed by atoms with E-state index in [4.69, 9.17) is 5.73 Å². The molecule has 0 amide bonds. The van der Waals surface area contributed by atoms with Gasteiger partial charge in [0.2, 0.25) is 0 Å². The van der Waals surface area contributed by atoms with E-state index in [1.807, 2.05) is 0 Å². The van der Waals surface area contributed by atoms with Crippen molar-refractivity contribution in [1.82, 2.24) is 4.90 Å². The number of halogens is 2. The van der Waals surface area contributed by atoms with Gasteiger partial charge in [0.1, 0.15) is 0 Å². The molecule has 1 atom stereocenters. The van der Waals surface area contributed by atoms with E-state index in [0.29, 0.717) is 6.04 Å². The molecule has 0 aromatic rings. The molecule has 4 heteroatoms. The van der Waals surface area contributed by atoms with E-state index in [9.17, 15) is 0 Å². The molecule has 3 saturated heterocycles. The highest BCUT2D eigenvalue weighted by atomic mass is 35.5. The van der Waals surface area contributed by atoms with Gasteiger partial charge in [-0.15, -0.1) is 24.8 Å². The molecule has 0 aromatic heterocycles. The smallest absolute Gasteiger partial charge is 0.0197 e. The highest BCUT2D eigenvalue weighted by molar-refractivity contribution is 5.85. The second-order valence-electron chi connectivity index (χ2n) is 3.30. The maximum absolute atomic E-state index is 5.88. The van der Waals surface area contributed by atoms with Crippen LogP contribution < -0.4 is 5.73 Å². The van der Waals surface area contributed by atoms with Gasteiger partial charge in [0.05, 0.1) is 0 Å². The van der Waals surface area contributed by atoms with Crippen LogP contribution in [0.2, 0.25) is 0 Å². The Labute approximate surface area is 80.3 Å². The summed E-state index contributed by atoms with van der Waals surface area (Å²) in [6.07, 6.45) is 2.70.